The van der Waals surface area contributed by atoms with Crippen LogP contribution in [0.2, 0.25) is 0 Å². The fourth-order valence-electron chi connectivity index (χ4n) is 4.49. The topological polar surface area (TPSA) is 78.1 Å². The van der Waals surface area contributed by atoms with Crippen molar-refractivity contribution < 1.29 is 9.59 Å². The number of aromatic amines is 1. The van der Waals surface area contributed by atoms with Gasteiger partial charge in [-0.25, -0.2) is 4.98 Å². The first kappa shape index (κ1) is 19.1. The molecule has 0 saturated carbocycles. The van der Waals surface area contributed by atoms with Gasteiger partial charge in [-0.2, -0.15) is 0 Å². The molecule has 0 spiro atoms. The number of amides is 2. The number of rotatable bonds is 3. The van der Waals surface area contributed by atoms with Crippen LogP contribution in [0.5, 0.6) is 0 Å². The lowest BCUT2D eigenvalue weighted by Gasteiger charge is -2.39. The Morgan fingerprint density at radius 3 is 2.68 bits per heavy atom. The third kappa shape index (κ3) is 3.17. The summed E-state index contributed by atoms with van der Waals surface area (Å²) in [5, 5.41) is 3.97. The number of carbonyl (C=O) groups is 2. The van der Waals surface area contributed by atoms with E-state index in [1.54, 1.807) is 24.2 Å². The summed E-state index contributed by atoms with van der Waals surface area (Å²) in [5.41, 5.74) is 4.18. The van der Waals surface area contributed by atoms with Crippen molar-refractivity contribution in [3.8, 4) is 0 Å². The lowest BCUT2D eigenvalue weighted by molar-refractivity contribution is -0.119. The van der Waals surface area contributed by atoms with E-state index in [0.717, 1.165) is 27.6 Å². The number of hydrogen-bond acceptors (Lipinski definition) is 3. The summed E-state index contributed by atoms with van der Waals surface area (Å²) in [4.78, 5) is 36.1. The number of para-hydroxylation sites is 1. The molecule has 0 saturated heterocycles. The average molecular weight is 410 g/mol. The van der Waals surface area contributed by atoms with E-state index >= 15 is 0 Å². The van der Waals surface area contributed by atoms with Gasteiger partial charge >= 0.3 is 0 Å². The Balaban J connectivity index is 1.66. The highest BCUT2D eigenvalue weighted by Gasteiger charge is 2.43. The van der Waals surface area contributed by atoms with E-state index in [1.807, 2.05) is 67.7 Å². The summed E-state index contributed by atoms with van der Waals surface area (Å²) in [6.45, 7) is 1.95. The van der Waals surface area contributed by atoms with Gasteiger partial charge in [-0.05, 0) is 42.3 Å². The summed E-state index contributed by atoms with van der Waals surface area (Å²) in [6.07, 6.45) is 3.57. The van der Waals surface area contributed by atoms with E-state index in [1.165, 1.54) is 0 Å². The highest BCUT2D eigenvalue weighted by atomic mass is 16.2. The molecule has 1 aliphatic rings. The number of nitrogens with zero attached hydrogens (tertiary/aromatic N) is 2. The summed E-state index contributed by atoms with van der Waals surface area (Å²) >= 11 is 0. The number of fused-ring (bicyclic) bond motifs is 2. The first-order chi connectivity index (χ1) is 15.0. The van der Waals surface area contributed by atoms with Gasteiger partial charge in [0.1, 0.15) is 5.82 Å². The number of hydrogen-bond donors (Lipinski definition) is 2. The Morgan fingerprint density at radius 1 is 1.06 bits per heavy atom. The van der Waals surface area contributed by atoms with Crippen LogP contribution in [0, 0.1) is 6.92 Å². The molecule has 0 fully saturated rings. The second kappa shape index (κ2) is 7.40. The van der Waals surface area contributed by atoms with Crippen molar-refractivity contribution in [3.63, 3.8) is 0 Å². The number of nitrogens with one attached hydrogen (secondary N) is 2. The molecule has 2 N–H and O–H groups in total. The molecule has 0 aliphatic carbocycles. The quantitative estimate of drug-likeness (QED) is 0.525. The molecule has 0 bridgehead atoms. The van der Waals surface area contributed by atoms with E-state index in [-0.39, 0.29) is 11.8 Å². The number of benzene rings is 2. The predicted molar refractivity (Wildman–Crippen MR) is 120 cm³/mol. The Kier molecular flexibility index (Phi) is 4.55. The van der Waals surface area contributed by atoms with Gasteiger partial charge in [-0.1, -0.05) is 36.4 Å². The number of anilines is 1. The lowest BCUT2D eigenvalue weighted by atomic mass is 9.79. The van der Waals surface area contributed by atoms with Crippen molar-refractivity contribution >= 4 is 28.5 Å². The van der Waals surface area contributed by atoms with E-state index in [0.29, 0.717) is 11.4 Å². The Bertz CT molecular complexity index is 1310. The lowest BCUT2D eigenvalue weighted by Crippen LogP contribution is -2.44. The van der Waals surface area contributed by atoms with Crippen LogP contribution in [-0.4, -0.2) is 33.7 Å². The molecule has 3 heterocycles. The van der Waals surface area contributed by atoms with Crippen LogP contribution in [0.1, 0.15) is 39.0 Å². The van der Waals surface area contributed by atoms with Gasteiger partial charge in [-0.3, -0.25) is 9.59 Å². The van der Waals surface area contributed by atoms with E-state index in [9.17, 15) is 9.59 Å². The molecule has 6 nitrogen and oxygen atoms in total. The molecular weight excluding hydrogens is 388 g/mol. The van der Waals surface area contributed by atoms with Gasteiger partial charge in [0.25, 0.3) is 5.91 Å². The Labute approximate surface area is 179 Å². The minimum Gasteiger partial charge on any atom is -0.361 e. The van der Waals surface area contributed by atoms with Gasteiger partial charge < -0.3 is 15.2 Å². The molecule has 6 heteroatoms. The normalized spacial score (nSPS) is 18.1. The fourth-order valence-corrected chi connectivity index (χ4v) is 4.49. The summed E-state index contributed by atoms with van der Waals surface area (Å²) in [5.74, 6) is -0.371. The summed E-state index contributed by atoms with van der Waals surface area (Å²) < 4.78 is 0. The molecular formula is C25H22N4O2. The molecule has 2 aromatic heterocycles. The maximum absolute atomic E-state index is 13.6. The third-order valence-corrected chi connectivity index (χ3v) is 5.97. The number of aromatic nitrogens is 2. The van der Waals surface area contributed by atoms with Crippen LogP contribution >= 0.6 is 0 Å². The van der Waals surface area contributed by atoms with Gasteiger partial charge in [0, 0.05) is 41.5 Å². The number of likely N-dealkylation sites (N-methyl/N-ethyl adjacent to an activating group) is 1. The van der Waals surface area contributed by atoms with Crippen molar-refractivity contribution in [1.82, 2.24) is 14.9 Å². The summed E-state index contributed by atoms with van der Waals surface area (Å²) in [6, 6.07) is 18.5. The molecule has 4 aromatic rings. The van der Waals surface area contributed by atoms with Crippen molar-refractivity contribution in [2.24, 2.45) is 0 Å². The second-order valence-corrected chi connectivity index (χ2v) is 7.92. The molecule has 1 aliphatic heterocycles. The SMILES string of the molecule is Cc1ccnc(NC(=O)C2c3ccccc3C(=O)N(C)C2c2c[nH]c3ccccc23)c1. The smallest absolute Gasteiger partial charge is 0.254 e. The standard InChI is InChI=1S/C25H22N4O2/c1-15-11-12-26-21(13-15)28-24(30)22-17-8-3-4-9-18(17)25(31)29(2)23(22)19-14-27-20-10-6-5-7-16(19)20/h3-14,22-23,27H,1-2H3,(H,26,28,30). The predicted octanol–water partition coefficient (Wildman–Crippen LogP) is 4.42. The van der Waals surface area contributed by atoms with Gasteiger partial charge in [0.15, 0.2) is 0 Å². The molecule has 2 unspecified atom stereocenters. The summed E-state index contributed by atoms with van der Waals surface area (Å²) in [7, 11) is 1.76. The van der Waals surface area contributed by atoms with Crippen LogP contribution in [0.25, 0.3) is 10.9 Å². The molecule has 0 radical (unpaired) electrons. The minimum absolute atomic E-state index is 0.0939. The van der Waals surface area contributed by atoms with Crippen molar-refractivity contribution in [2.75, 3.05) is 12.4 Å². The van der Waals surface area contributed by atoms with Gasteiger partial charge in [0.05, 0.1) is 12.0 Å². The highest BCUT2D eigenvalue weighted by molar-refractivity contribution is 6.04. The minimum atomic E-state index is -0.583. The number of H-pyrrole nitrogens is 1. The van der Waals surface area contributed by atoms with Gasteiger partial charge in [0.2, 0.25) is 5.91 Å². The maximum atomic E-state index is 13.6. The van der Waals surface area contributed by atoms with Crippen molar-refractivity contribution in [1.29, 1.82) is 0 Å². The van der Waals surface area contributed by atoms with Crippen molar-refractivity contribution in [2.45, 2.75) is 18.9 Å². The fraction of sp³-hybridized carbons (Fsp3) is 0.160. The molecule has 2 aromatic carbocycles. The Morgan fingerprint density at radius 2 is 1.84 bits per heavy atom. The zero-order valence-corrected chi connectivity index (χ0v) is 17.3. The van der Waals surface area contributed by atoms with E-state index in [4.69, 9.17) is 0 Å². The van der Waals surface area contributed by atoms with E-state index < -0.39 is 12.0 Å². The van der Waals surface area contributed by atoms with Crippen LogP contribution in [0.4, 0.5) is 5.82 Å². The second-order valence-electron chi connectivity index (χ2n) is 7.92. The van der Waals surface area contributed by atoms with E-state index in [2.05, 4.69) is 15.3 Å². The van der Waals surface area contributed by atoms with Crippen LogP contribution in [0.3, 0.4) is 0 Å². The maximum Gasteiger partial charge on any atom is 0.254 e. The first-order valence-electron chi connectivity index (χ1n) is 10.2. The monoisotopic (exact) mass is 410 g/mol. The number of carbonyl (C=O) groups excluding carboxylic acids is 2. The Hall–Kier alpha value is -3.93. The van der Waals surface area contributed by atoms with Crippen LogP contribution in [0.15, 0.2) is 73.1 Å². The number of aryl methyl sites for hydroxylation is 1. The van der Waals surface area contributed by atoms with Crippen LogP contribution in [-0.2, 0) is 4.79 Å². The average Bonchev–Trinajstić information content (AvgIpc) is 3.20. The molecule has 154 valence electrons. The van der Waals surface area contributed by atoms with Gasteiger partial charge in [-0.15, -0.1) is 0 Å². The molecule has 2 atom stereocenters. The highest BCUT2D eigenvalue weighted by Crippen LogP contribution is 2.44. The first-order valence-corrected chi connectivity index (χ1v) is 10.2. The third-order valence-electron chi connectivity index (χ3n) is 5.97. The zero-order valence-electron chi connectivity index (χ0n) is 17.3. The van der Waals surface area contributed by atoms with Crippen molar-refractivity contribution in [3.05, 3.63) is 95.3 Å². The zero-order chi connectivity index (χ0) is 21.5. The largest absolute Gasteiger partial charge is 0.361 e. The molecule has 2 amide bonds. The number of pyridine rings is 1. The molecule has 5 rings (SSSR count). The van der Waals surface area contributed by atoms with Crippen LogP contribution < -0.4 is 5.32 Å². The molecule has 31 heavy (non-hydrogen) atoms.